The van der Waals surface area contributed by atoms with Crippen molar-refractivity contribution < 1.29 is 27.1 Å². The van der Waals surface area contributed by atoms with Crippen LogP contribution >= 0.6 is 0 Å². The monoisotopic (exact) mass is 363 g/mol. The average Bonchev–Trinajstić information content (AvgIpc) is 3.09. The van der Waals surface area contributed by atoms with E-state index in [-0.39, 0.29) is 17.5 Å². The second-order valence-corrected chi connectivity index (χ2v) is 5.17. The third-order valence-corrected chi connectivity index (χ3v) is 3.43. The molecule has 0 bridgehead atoms. The number of nitrogens with zero attached hydrogens (tertiary/aromatic N) is 2. The zero-order chi connectivity index (χ0) is 18.7. The summed E-state index contributed by atoms with van der Waals surface area (Å²) in [5.41, 5.74) is -0.503. The number of nitrogens with one attached hydrogen (secondary N) is 1. The van der Waals surface area contributed by atoms with Gasteiger partial charge in [0.2, 0.25) is 5.89 Å². The Balaban J connectivity index is 1.75. The van der Waals surface area contributed by atoms with Crippen molar-refractivity contribution in [1.29, 1.82) is 0 Å². The summed E-state index contributed by atoms with van der Waals surface area (Å²) in [6.07, 6.45) is -4.54. The normalized spacial score (nSPS) is 11.2. The number of amides is 1. The number of carbonyl (C=O) groups excluding carboxylic acids is 1. The Kier molecular flexibility index (Phi) is 4.61. The van der Waals surface area contributed by atoms with Gasteiger partial charge in [0.25, 0.3) is 5.91 Å². The van der Waals surface area contributed by atoms with E-state index in [1.54, 1.807) is 24.3 Å². The van der Waals surface area contributed by atoms with Crippen LogP contribution in [0.5, 0.6) is 5.75 Å². The summed E-state index contributed by atoms with van der Waals surface area (Å²) >= 11 is 0. The second-order valence-electron chi connectivity index (χ2n) is 5.17. The molecule has 0 unspecified atom stereocenters. The van der Waals surface area contributed by atoms with E-state index < -0.39 is 17.6 Å². The molecule has 0 atom stereocenters. The molecule has 1 aromatic heterocycles. The Labute approximate surface area is 145 Å². The van der Waals surface area contributed by atoms with E-state index in [2.05, 4.69) is 15.5 Å². The predicted octanol–water partition coefficient (Wildman–Crippen LogP) is 4.02. The molecule has 3 aromatic rings. The summed E-state index contributed by atoms with van der Waals surface area (Å²) in [7, 11) is 1.53. The molecule has 9 heteroatoms. The van der Waals surface area contributed by atoms with Crippen LogP contribution in [0.2, 0.25) is 0 Å². The van der Waals surface area contributed by atoms with Gasteiger partial charge in [-0.25, -0.2) is 0 Å². The fourth-order valence-electron chi connectivity index (χ4n) is 2.13. The topological polar surface area (TPSA) is 77.3 Å². The Hall–Kier alpha value is -3.36. The largest absolute Gasteiger partial charge is 0.497 e. The first-order valence-electron chi connectivity index (χ1n) is 7.33. The lowest BCUT2D eigenvalue weighted by Crippen LogP contribution is -2.14. The minimum Gasteiger partial charge on any atom is -0.497 e. The van der Waals surface area contributed by atoms with Crippen molar-refractivity contribution in [2.24, 2.45) is 0 Å². The van der Waals surface area contributed by atoms with Gasteiger partial charge in [-0.1, -0.05) is 11.2 Å². The highest BCUT2D eigenvalue weighted by molar-refractivity contribution is 6.03. The average molecular weight is 363 g/mol. The molecular formula is C17H12F3N3O3. The highest BCUT2D eigenvalue weighted by Crippen LogP contribution is 2.29. The minimum absolute atomic E-state index is 0.145. The standard InChI is InChI=1S/C17H12F3N3O3/c1-25-13-7-5-10(6-8-13)15-22-23-16(26-15)21-14(24)11-3-2-4-12(9-11)17(18,19)20/h2-9H,1H3,(H,21,23,24). The third-order valence-electron chi connectivity index (χ3n) is 3.43. The molecule has 0 spiro atoms. The number of anilines is 1. The number of aromatic nitrogens is 2. The van der Waals surface area contributed by atoms with E-state index >= 15 is 0 Å². The van der Waals surface area contributed by atoms with Crippen LogP contribution in [0, 0.1) is 0 Å². The summed E-state index contributed by atoms with van der Waals surface area (Å²) in [4.78, 5) is 12.1. The van der Waals surface area contributed by atoms with Crippen LogP contribution < -0.4 is 10.1 Å². The number of hydrogen-bond donors (Lipinski definition) is 1. The number of hydrogen-bond acceptors (Lipinski definition) is 5. The fourth-order valence-corrected chi connectivity index (χ4v) is 2.13. The maximum atomic E-state index is 12.7. The van der Waals surface area contributed by atoms with Crippen LogP contribution in [0.4, 0.5) is 19.2 Å². The van der Waals surface area contributed by atoms with Gasteiger partial charge in [-0.3, -0.25) is 10.1 Å². The fraction of sp³-hybridized carbons (Fsp3) is 0.118. The lowest BCUT2D eigenvalue weighted by atomic mass is 10.1. The van der Waals surface area contributed by atoms with E-state index in [1.165, 1.54) is 13.2 Å². The van der Waals surface area contributed by atoms with Gasteiger partial charge in [-0.15, -0.1) is 5.10 Å². The van der Waals surface area contributed by atoms with Gasteiger partial charge in [0.1, 0.15) is 5.75 Å². The van der Waals surface area contributed by atoms with Crippen molar-refractivity contribution in [2.45, 2.75) is 6.18 Å². The summed E-state index contributed by atoms with van der Waals surface area (Å²) in [6, 6.07) is 10.6. The number of methoxy groups -OCH3 is 1. The zero-order valence-corrected chi connectivity index (χ0v) is 13.4. The van der Waals surface area contributed by atoms with E-state index in [1.807, 2.05) is 0 Å². The number of halogens is 3. The van der Waals surface area contributed by atoms with Gasteiger partial charge in [0.05, 0.1) is 12.7 Å². The Morgan fingerprint density at radius 1 is 1.12 bits per heavy atom. The van der Waals surface area contributed by atoms with Crippen molar-refractivity contribution in [2.75, 3.05) is 12.4 Å². The first-order valence-corrected chi connectivity index (χ1v) is 7.33. The molecule has 134 valence electrons. The van der Waals surface area contributed by atoms with E-state index in [9.17, 15) is 18.0 Å². The van der Waals surface area contributed by atoms with Crippen LogP contribution in [-0.2, 0) is 6.18 Å². The van der Waals surface area contributed by atoms with Gasteiger partial charge in [0.15, 0.2) is 0 Å². The maximum Gasteiger partial charge on any atom is 0.416 e. The van der Waals surface area contributed by atoms with Gasteiger partial charge in [-0.05, 0) is 42.5 Å². The number of carbonyl (C=O) groups is 1. The predicted molar refractivity (Wildman–Crippen MR) is 85.7 cm³/mol. The summed E-state index contributed by atoms with van der Waals surface area (Å²) in [6.45, 7) is 0. The minimum atomic E-state index is -4.54. The van der Waals surface area contributed by atoms with Crippen molar-refractivity contribution in [1.82, 2.24) is 10.2 Å². The zero-order valence-electron chi connectivity index (χ0n) is 13.4. The molecule has 0 aliphatic rings. The van der Waals surface area contributed by atoms with Crippen molar-refractivity contribution in [3.8, 4) is 17.2 Å². The van der Waals surface area contributed by atoms with E-state index in [4.69, 9.17) is 9.15 Å². The van der Waals surface area contributed by atoms with Crippen LogP contribution in [0.3, 0.4) is 0 Å². The molecule has 6 nitrogen and oxygen atoms in total. The number of alkyl halides is 3. The SMILES string of the molecule is COc1ccc(-c2nnc(NC(=O)c3cccc(C(F)(F)F)c3)o2)cc1. The molecule has 0 saturated heterocycles. The highest BCUT2D eigenvalue weighted by atomic mass is 19.4. The quantitative estimate of drug-likeness (QED) is 0.758. The first-order chi connectivity index (χ1) is 12.4. The first kappa shape index (κ1) is 17.5. The van der Waals surface area contributed by atoms with Gasteiger partial charge in [0, 0.05) is 11.1 Å². The summed E-state index contributed by atoms with van der Waals surface area (Å²) in [5.74, 6) is -0.000589. The molecule has 2 aromatic carbocycles. The summed E-state index contributed by atoms with van der Waals surface area (Å²) < 4.78 is 48.5. The molecule has 1 heterocycles. The van der Waals surface area contributed by atoms with E-state index in [0.717, 1.165) is 18.2 Å². The van der Waals surface area contributed by atoms with Crippen LogP contribution in [0.15, 0.2) is 52.9 Å². The molecule has 3 rings (SSSR count). The molecule has 1 amide bonds. The Morgan fingerprint density at radius 3 is 2.50 bits per heavy atom. The Bertz CT molecular complexity index is 921. The van der Waals surface area contributed by atoms with Crippen molar-refractivity contribution >= 4 is 11.9 Å². The molecule has 0 saturated carbocycles. The molecule has 0 fully saturated rings. The van der Waals surface area contributed by atoms with Crippen molar-refractivity contribution in [3.05, 3.63) is 59.7 Å². The maximum absolute atomic E-state index is 12.7. The second kappa shape index (κ2) is 6.87. The number of benzene rings is 2. The van der Waals surface area contributed by atoms with Gasteiger partial charge >= 0.3 is 12.2 Å². The van der Waals surface area contributed by atoms with Gasteiger partial charge < -0.3 is 9.15 Å². The van der Waals surface area contributed by atoms with Crippen LogP contribution in [-0.4, -0.2) is 23.2 Å². The Morgan fingerprint density at radius 2 is 1.85 bits per heavy atom. The lowest BCUT2D eigenvalue weighted by Gasteiger charge is -2.07. The molecule has 26 heavy (non-hydrogen) atoms. The highest BCUT2D eigenvalue weighted by Gasteiger charge is 2.31. The smallest absolute Gasteiger partial charge is 0.416 e. The molecule has 0 radical (unpaired) electrons. The molecular weight excluding hydrogens is 351 g/mol. The van der Waals surface area contributed by atoms with Crippen LogP contribution in [0.25, 0.3) is 11.5 Å². The summed E-state index contributed by atoms with van der Waals surface area (Å²) in [5, 5.41) is 9.74. The van der Waals surface area contributed by atoms with Gasteiger partial charge in [-0.2, -0.15) is 13.2 Å². The van der Waals surface area contributed by atoms with Crippen molar-refractivity contribution in [3.63, 3.8) is 0 Å². The molecule has 0 aliphatic heterocycles. The number of ether oxygens (including phenoxy) is 1. The lowest BCUT2D eigenvalue weighted by molar-refractivity contribution is -0.137. The van der Waals surface area contributed by atoms with E-state index in [0.29, 0.717) is 11.3 Å². The number of rotatable bonds is 4. The molecule has 0 aliphatic carbocycles. The molecule has 1 N–H and O–H groups in total. The third kappa shape index (κ3) is 3.82. The van der Waals surface area contributed by atoms with Crippen LogP contribution in [0.1, 0.15) is 15.9 Å².